The number of ether oxygens (including phenoxy) is 1. The molecule has 0 spiro atoms. The molecule has 0 aliphatic heterocycles. The summed E-state index contributed by atoms with van der Waals surface area (Å²) in [6, 6.07) is 3.24. The van der Waals surface area contributed by atoms with Crippen LogP contribution in [0.4, 0.5) is 22.0 Å². The van der Waals surface area contributed by atoms with Crippen molar-refractivity contribution in [2.45, 2.75) is 26.4 Å². The Balaban J connectivity index is 2.20. The van der Waals surface area contributed by atoms with Crippen molar-refractivity contribution >= 4 is 23.3 Å². The van der Waals surface area contributed by atoms with Crippen LogP contribution in [0.25, 0.3) is 0 Å². The van der Waals surface area contributed by atoms with Gasteiger partial charge in [0.1, 0.15) is 5.60 Å². The Hall–Kier alpha value is -2.61. The highest BCUT2D eigenvalue weighted by molar-refractivity contribution is 5.73. The third kappa shape index (κ3) is 3.48. The summed E-state index contributed by atoms with van der Waals surface area (Å²) in [7, 11) is 0. The van der Waals surface area contributed by atoms with E-state index in [1.807, 2.05) is 0 Å². The molecular formula is C13H18N6O2. The molecule has 2 heterocycles. The number of pyridine rings is 1. The predicted octanol–water partition coefficient (Wildman–Crippen LogP) is 1.66. The highest BCUT2D eigenvalue weighted by Gasteiger charge is 2.19. The van der Waals surface area contributed by atoms with Crippen LogP contribution in [-0.2, 0) is 4.74 Å². The van der Waals surface area contributed by atoms with Gasteiger partial charge in [0.05, 0.1) is 17.6 Å². The molecule has 112 valence electrons. The van der Waals surface area contributed by atoms with E-state index in [9.17, 15) is 4.79 Å². The first-order valence-corrected chi connectivity index (χ1v) is 6.31. The third-order valence-corrected chi connectivity index (χ3v) is 2.49. The number of nitrogens with zero attached hydrogens (tertiary/aromatic N) is 4. The van der Waals surface area contributed by atoms with E-state index in [0.717, 1.165) is 4.68 Å². The van der Waals surface area contributed by atoms with Gasteiger partial charge in [-0.3, -0.25) is 9.99 Å². The molecule has 8 nitrogen and oxygen atoms in total. The second-order valence-corrected chi connectivity index (χ2v) is 5.40. The van der Waals surface area contributed by atoms with Gasteiger partial charge in [-0.05, 0) is 26.8 Å². The van der Waals surface area contributed by atoms with E-state index in [4.69, 9.17) is 16.3 Å². The quantitative estimate of drug-likeness (QED) is 0.638. The number of nitrogen functional groups attached to an aromatic ring is 1. The van der Waals surface area contributed by atoms with Crippen LogP contribution in [0.15, 0.2) is 30.7 Å². The van der Waals surface area contributed by atoms with Gasteiger partial charge in [-0.15, -0.1) is 5.10 Å². The van der Waals surface area contributed by atoms with Crippen molar-refractivity contribution in [1.82, 2.24) is 14.8 Å². The summed E-state index contributed by atoms with van der Waals surface area (Å²) >= 11 is 0. The summed E-state index contributed by atoms with van der Waals surface area (Å²) < 4.78 is 6.29. The van der Waals surface area contributed by atoms with E-state index in [0.29, 0.717) is 17.2 Å². The predicted molar refractivity (Wildman–Crippen MR) is 78.8 cm³/mol. The number of nitrogens with two attached hydrogens (primary N) is 2. The van der Waals surface area contributed by atoms with Crippen LogP contribution < -0.4 is 16.6 Å². The third-order valence-electron chi connectivity index (χ3n) is 2.49. The maximum Gasteiger partial charge on any atom is 0.435 e. The Morgan fingerprint density at radius 2 is 2.10 bits per heavy atom. The normalized spacial score (nSPS) is 11.2. The molecular weight excluding hydrogens is 272 g/mol. The molecule has 2 aromatic rings. The minimum absolute atomic E-state index is 0.360. The standard InChI is InChI=1S/C13H18N6O2/c1-13(2,3)21-12(20)18-7-5-11(17-18)19(15)10-4-6-16-8-9(10)14/h4-8H,14-15H2,1-3H3. The van der Waals surface area contributed by atoms with Crippen molar-refractivity contribution in [3.63, 3.8) is 0 Å². The van der Waals surface area contributed by atoms with Gasteiger partial charge in [0, 0.05) is 18.5 Å². The van der Waals surface area contributed by atoms with Crippen LogP contribution in [0.5, 0.6) is 0 Å². The van der Waals surface area contributed by atoms with Crippen LogP contribution in [0.3, 0.4) is 0 Å². The Morgan fingerprint density at radius 3 is 2.71 bits per heavy atom. The van der Waals surface area contributed by atoms with Crippen molar-refractivity contribution in [3.05, 3.63) is 30.7 Å². The van der Waals surface area contributed by atoms with Crippen molar-refractivity contribution in [2.75, 3.05) is 10.7 Å². The maximum absolute atomic E-state index is 11.9. The summed E-state index contributed by atoms with van der Waals surface area (Å²) in [5, 5.41) is 5.35. The van der Waals surface area contributed by atoms with Gasteiger partial charge >= 0.3 is 6.09 Å². The fraction of sp³-hybridized carbons (Fsp3) is 0.308. The van der Waals surface area contributed by atoms with Gasteiger partial charge in [0.2, 0.25) is 0 Å². The molecule has 0 unspecified atom stereocenters. The highest BCUT2D eigenvalue weighted by atomic mass is 16.6. The zero-order valence-corrected chi connectivity index (χ0v) is 12.1. The molecule has 0 saturated carbocycles. The van der Waals surface area contributed by atoms with Gasteiger partial charge in [-0.2, -0.15) is 4.68 Å². The molecule has 0 saturated heterocycles. The van der Waals surface area contributed by atoms with Crippen molar-refractivity contribution in [1.29, 1.82) is 0 Å². The van der Waals surface area contributed by atoms with Gasteiger partial charge in [-0.1, -0.05) is 0 Å². The molecule has 0 radical (unpaired) electrons. The van der Waals surface area contributed by atoms with Crippen LogP contribution in [0, 0.1) is 0 Å². The lowest BCUT2D eigenvalue weighted by Gasteiger charge is -2.19. The van der Waals surface area contributed by atoms with Crippen LogP contribution in [0.2, 0.25) is 0 Å². The van der Waals surface area contributed by atoms with Crippen LogP contribution in [0.1, 0.15) is 20.8 Å². The number of hydrazine groups is 1. The average molecular weight is 290 g/mol. The lowest BCUT2D eigenvalue weighted by molar-refractivity contribution is 0.0515. The number of carbonyl (C=O) groups is 1. The maximum atomic E-state index is 11.9. The van der Waals surface area contributed by atoms with E-state index in [1.54, 1.807) is 39.1 Å². The summed E-state index contributed by atoms with van der Waals surface area (Å²) in [6.07, 6.45) is 3.95. The lowest BCUT2D eigenvalue weighted by atomic mass is 10.2. The largest absolute Gasteiger partial charge is 0.442 e. The molecule has 2 rings (SSSR count). The number of aromatic nitrogens is 3. The molecule has 0 amide bonds. The number of anilines is 3. The molecule has 8 heteroatoms. The summed E-state index contributed by atoms with van der Waals surface area (Å²) in [6.45, 7) is 5.34. The van der Waals surface area contributed by atoms with E-state index in [1.165, 1.54) is 17.4 Å². The fourth-order valence-corrected chi connectivity index (χ4v) is 1.60. The molecule has 4 N–H and O–H groups in total. The lowest BCUT2D eigenvalue weighted by Crippen LogP contribution is -2.29. The minimum atomic E-state index is -0.596. The van der Waals surface area contributed by atoms with Gasteiger partial charge in [-0.25, -0.2) is 10.6 Å². The Labute approximate surface area is 122 Å². The number of hydrogen-bond acceptors (Lipinski definition) is 7. The molecule has 0 bridgehead atoms. The number of carbonyl (C=O) groups excluding carboxylic acids is 1. The van der Waals surface area contributed by atoms with E-state index >= 15 is 0 Å². The number of rotatable bonds is 2. The molecule has 0 aliphatic rings. The van der Waals surface area contributed by atoms with Gasteiger partial charge in [0.25, 0.3) is 0 Å². The summed E-state index contributed by atoms with van der Waals surface area (Å²) in [4.78, 5) is 15.8. The highest BCUT2D eigenvalue weighted by Crippen LogP contribution is 2.24. The Bertz CT molecular complexity index is 646. The molecule has 0 aliphatic carbocycles. The average Bonchev–Trinajstić information content (AvgIpc) is 2.86. The topological polar surface area (TPSA) is 112 Å². The first kappa shape index (κ1) is 14.8. The van der Waals surface area contributed by atoms with E-state index < -0.39 is 11.7 Å². The second-order valence-electron chi connectivity index (χ2n) is 5.40. The number of hydrogen-bond donors (Lipinski definition) is 2. The van der Waals surface area contributed by atoms with Crippen molar-refractivity contribution in [2.24, 2.45) is 5.84 Å². The zero-order valence-electron chi connectivity index (χ0n) is 12.1. The van der Waals surface area contributed by atoms with Gasteiger partial charge < -0.3 is 10.5 Å². The van der Waals surface area contributed by atoms with E-state index in [2.05, 4.69) is 10.1 Å². The van der Waals surface area contributed by atoms with Crippen molar-refractivity contribution < 1.29 is 9.53 Å². The van der Waals surface area contributed by atoms with Crippen LogP contribution in [-0.4, -0.2) is 26.5 Å². The molecule has 0 aromatic carbocycles. The summed E-state index contributed by atoms with van der Waals surface area (Å²) in [5.41, 5.74) is 6.15. The fourth-order valence-electron chi connectivity index (χ4n) is 1.60. The van der Waals surface area contributed by atoms with Crippen LogP contribution >= 0.6 is 0 Å². The monoisotopic (exact) mass is 290 g/mol. The minimum Gasteiger partial charge on any atom is -0.442 e. The zero-order chi connectivity index (χ0) is 15.6. The molecule has 2 aromatic heterocycles. The Morgan fingerprint density at radius 1 is 1.38 bits per heavy atom. The second kappa shape index (κ2) is 5.41. The first-order chi connectivity index (χ1) is 9.78. The first-order valence-electron chi connectivity index (χ1n) is 6.31. The smallest absolute Gasteiger partial charge is 0.435 e. The SMILES string of the molecule is CC(C)(C)OC(=O)n1ccc(N(N)c2ccncc2N)n1. The molecule has 21 heavy (non-hydrogen) atoms. The summed E-state index contributed by atoms with van der Waals surface area (Å²) in [5.74, 6) is 6.32. The van der Waals surface area contributed by atoms with E-state index in [-0.39, 0.29) is 0 Å². The molecule has 0 fully saturated rings. The van der Waals surface area contributed by atoms with Gasteiger partial charge in [0.15, 0.2) is 5.82 Å². The Kier molecular flexibility index (Phi) is 3.81. The van der Waals surface area contributed by atoms with Crippen molar-refractivity contribution in [3.8, 4) is 0 Å². The molecule has 0 atom stereocenters.